The first kappa shape index (κ1) is 16.7. The van der Waals surface area contributed by atoms with Crippen LogP contribution in [-0.2, 0) is 4.74 Å². The fourth-order valence-electron chi connectivity index (χ4n) is 1.85. The molecule has 2 atom stereocenters. The maximum absolute atomic E-state index is 11.6. The van der Waals surface area contributed by atoms with Crippen molar-refractivity contribution in [2.45, 2.75) is 18.5 Å². The second-order valence-corrected chi connectivity index (χ2v) is 5.04. The molecule has 7 nitrogen and oxygen atoms in total. The Morgan fingerprint density at radius 2 is 2.33 bits per heavy atom. The summed E-state index contributed by atoms with van der Waals surface area (Å²) in [7, 11) is 3.27. The molecule has 0 aromatic carbocycles. The van der Waals surface area contributed by atoms with Crippen LogP contribution in [0.15, 0.2) is 37.0 Å². The zero-order valence-electron chi connectivity index (χ0n) is 12.7. The van der Waals surface area contributed by atoms with Gasteiger partial charge in [-0.3, -0.25) is 0 Å². The van der Waals surface area contributed by atoms with Gasteiger partial charge in [0.1, 0.15) is 6.61 Å². The topological polar surface area (TPSA) is 91.6 Å². The summed E-state index contributed by atoms with van der Waals surface area (Å²) in [5.41, 5.74) is 5.63. The smallest absolute Gasteiger partial charge is 0.409 e. The van der Waals surface area contributed by atoms with Crippen molar-refractivity contribution in [2.75, 3.05) is 27.2 Å². The Morgan fingerprint density at radius 1 is 1.62 bits per heavy atom. The highest BCUT2D eigenvalue weighted by molar-refractivity contribution is 5.66. The normalized spacial score (nSPS) is 23.4. The Balaban J connectivity index is 2.78. The van der Waals surface area contributed by atoms with Gasteiger partial charge in [0.2, 0.25) is 0 Å². The zero-order chi connectivity index (χ0) is 15.8. The summed E-state index contributed by atoms with van der Waals surface area (Å²) < 4.78 is 5.25. The van der Waals surface area contributed by atoms with E-state index in [4.69, 9.17) is 10.5 Å². The van der Waals surface area contributed by atoms with Gasteiger partial charge in [0.25, 0.3) is 0 Å². The van der Waals surface area contributed by atoms with Crippen molar-refractivity contribution < 1.29 is 9.53 Å². The van der Waals surface area contributed by atoms with Gasteiger partial charge >= 0.3 is 6.09 Å². The number of ether oxygens (including phenoxy) is 1. The van der Waals surface area contributed by atoms with E-state index in [1.807, 2.05) is 12.2 Å². The molecular formula is C14H25N5O2. The quantitative estimate of drug-likeness (QED) is 0.548. The molecule has 0 aromatic heterocycles. The Bertz CT molecular complexity index is 420. The molecule has 0 radical (unpaired) electrons. The van der Waals surface area contributed by atoms with Gasteiger partial charge in [-0.2, -0.15) is 0 Å². The third kappa shape index (κ3) is 6.11. The van der Waals surface area contributed by atoms with E-state index in [-0.39, 0.29) is 18.7 Å². The van der Waals surface area contributed by atoms with Gasteiger partial charge in [-0.1, -0.05) is 25.3 Å². The van der Waals surface area contributed by atoms with Gasteiger partial charge < -0.3 is 31.3 Å². The van der Waals surface area contributed by atoms with Crippen LogP contribution in [0.5, 0.6) is 0 Å². The summed E-state index contributed by atoms with van der Waals surface area (Å²) in [4.78, 5) is 13.0. The lowest BCUT2D eigenvalue weighted by atomic mass is 10.1. The van der Waals surface area contributed by atoms with Crippen molar-refractivity contribution >= 4 is 6.09 Å². The second-order valence-electron chi connectivity index (χ2n) is 5.04. The van der Waals surface area contributed by atoms with E-state index < -0.39 is 6.09 Å². The molecule has 0 bridgehead atoms. The van der Waals surface area contributed by atoms with E-state index in [1.165, 1.54) is 4.90 Å². The lowest BCUT2D eigenvalue weighted by Crippen LogP contribution is -2.51. The second kappa shape index (κ2) is 8.08. The van der Waals surface area contributed by atoms with Gasteiger partial charge in [-0.05, 0) is 6.42 Å². The van der Waals surface area contributed by atoms with E-state index in [1.54, 1.807) is 14.1 Å². The molecular weight excluding hydrogens is 270 g/mol. The predicted molar refractivity (Wildman–Crippen MR) is 83.1 cm³/mol. The van der Waals surface area contributed by atoms with Gasteiger partial charge in [0.15, 0.2) is 0 Å². The van der Waals surface area contributed by atoms with Crippen LogP contribution in [0.1, 0.15) is 6.42 Å². The molecule has 21 heavy (non-hydrogen) atoms. The highest BCUT2D eigenvalue weighted by Gasteiger charge is 2.22. The van der Waals surface area contributed by atoms with Gasteiger partial charge in [0, 0.05) is 20.6 Å². The van der Waals surface area contributed by atoms with E-state index in [0.29, 0.717) is 11.6 Å². The molecule has 5 N–H and O–H groups in total. The summed E-state index contributed by atoms with van der Waals surface area (Å²) in [6, 6.07) is -0.377. The van der Waals surface area contributed by atoms with Crippen LogP contribution < -0.4 is 21.7 Å². The van der Waals surface area contributed by atoms with Crippen molar-refractivity contribution in [1.82, 2.24) is 20.9 Å². The number of amides is 1. The SMILES string of the molecule is C=C(N)N[C@@H]1/C=C\CCNC(=C)N[C@H]1COC(=O)N(C)C. The fraction of sp³-hybridized carbons (Fsp3) is 0.500. The lowest BCUT2D eigenvalue weighted by Gasteiger charge is -2.28. The van der Waals surface area contributed by atoms with Crippen molar-refractivity contribution in [3.05, 3.63) is 37.0 Å². The number of nitrogens with one attached hydrogen (secondary N) is 3. The highest BCUT2D eigenvalue weighted by Crippen LogP contribution is 2.05. The van der Waals surface area contributed by atoms with E-state index in [9.17, 15) is 4.79 Å². The summed E-state index contributed by atoms with van der Waals surface area (Å²) >= 11 is 0. The number of hydrogen-bond donors (Lipinski definition) is 4. The van der Waals surface area contributed by atoms with E-state index >= 15 is 0 Å². The molecule has 0 saturated heterocycles. The molecule has 0 unspecified atom stereocenters. The molecule has 0 fully saturated rings. The average molecular weight is 295 g/mol. The van der Waals surface area contributed by atoms with Crippen LogP contribution in [0.25, 0.3) is 0 Å². The number of nitrogens with two attached hydrogens (primary N) is 1. The van der Waals surface area contributed by atoms with Crippen molar-refractivity contribution in [1.29, 1.82) is 0 Å². The number of rotatable bonds is 4. The zero-order valence-corrected chi connectivity index (χ0v) is 12.7. The summed E-state index contributed by atoms with van der Waals surface area (Å²) in [5, 5.41) is 9.41. The minimum Gasteiger partial charge on any atom is -0.447 e. The van der Waals surface area contributed by atoms with Crippen LogP contribution in [0.3, 0.4) is 0 Å². The fourth-order valence-corrected chi connectivity index (χ4v) is 1.85. The molecule has 0 saturated carbocycles. The molecule has 0 aliphatic carbocycles. The molecule has 0 aromatic rings. The third-order valence-corrected chi connectivity index (χ3v) is 2.89. The number of carbonyl (C=O) groups is 1. The summed E-state index contributed by atoms with van der Waals surface area (Å²) in [6.45, 7) is 8.51. The standard InChI is InChI=1S/C14H25N5O2/c1-10(15)17-12-7-5-6-8-16-11(2)18-13(12)9-21-14(20)19(3)4/h5,7,12-13,16-18H,1-2,6,8-9,15H2,3-4H3/b7-5-/t12-,13+/m1/s1. The maximum Gasteiger partial charge on any atom is 0.409 e. The van der Waals surface area contributed by atoms with Crippen LogP contribution >= 0.6 is 0 Å². The monoisotopic (exact) mass is 295 g/mol. The molecule has 1 aliphatic heterocycles. The Kier molecular flexibility index (Phi) is 6.45. The molecule has 1 amide bonds. The van der Waals surface area contributed by atoms with E-state index in [2.05, 4.69) is 29.1 Å². The van der Waals surface area contributed by atoms with Crippen LogP contribution in [0, 0.1) is 0 Å². The van der Waals surface area contributed by atoms with Crippen LogP contribution in [-0.4, -0.2) is 50.3 Å². The summed E-state index contributed by atoms with van der Waals surface area (Å²) in [5.74, 6) is 1.03. The first-order valence-corrected chi connectivity index (χ1v) is 6.81. The Labute approximate surface area is 125 Å². The van der Waals surface area contributed by atoms with Gasteiger partial charge in [-0.15, -0.1) is 0 Å². The van der Waals surface area contributed by atoms with Gasteiger partial charge in [-0.25, -0.2) is 4.79 Å². The largest absolute Gasteiger partial charge is 0.447 e. The third-order valence-electron chi connectivity index (χ3n) is 2.89. The Morgan fingerprint density at radius 3 is 2.95 bits per heavy atom. The Hall–Kier alpha value is -2.31. The molecule has 1 heterocycles. The molecule has 7 heteroatoms. The molecule has 0 spiro atoms. The number of hydrogen-bond acceptors (Lipinski definition) is 6. The lowest BCUT2D eigenvalue weighted by molar-refractivity contribution is 0.106. The van der Waals surface area contributed by atoms with Crippen molar-refractivity contribution in [3.63, 3.8) is 0 Å². The number of nitrogens with zero attached hydrogens (tertiary/aromatic N) is 1. The van der Waals surface area contributed by atoms with E-state index in [0.717, 1.165) is 13.0 Å². The number of carbonyl (C=O) groups excluding carboxylic acids is 1. The van der Waals surface area contributed by atoms with Crippen molar-refractivity contribution in [3.8, 4) is 0 Å². The van der Waals surface area contributed by atoms with Crippen LogP contribution in [0.2, 0.25) is 0 Å². The molecule has 118 valence electrons. The van der Waals surface area contributed by atoms with Gasteiger partial charge in [0.05, 0.1) is 23.7 Å². The average Bonchev–Trinajstić information content (AvgIpc) is 2.47. The first-order valence-electron chi connectivity index (χ1n) is 6.81. The highest BCUT2D eigenvalue weighted by atomic mass is 16.6. The minimum atomic E-state index is -0.399. The summed E-state index contributed by atoms with van der Waals surface area (Å²) in [6.07, 6.45) is 4.48. The maximum atomic E-state index is 11.6. The van der Waals surface area contributed by atoms with Crippen LogP contribution in [0.4, 0.5) is 4.79 Å². The first-order chi connectivity index (χ1) is 9.90. The molecule has 1 rings (SSSR count). The molecule has 1 aliphatic rings. The van der Waals surface area contributed by atoms with Crippen molar-refractivity contribution in [2.24, 2.45) is 5.73 Å². The minimum absolute atomic E-state index is 0.158. The predicted octanol–water partition coefficient (Wildman–Crippen LogP) is 0.0516.